The van der Waals surface area contributed by atoms with Crippen LogP contribution < -0.4 is 5.32 Å². The molecular formula is C11H11ClN4. The van der Waals surface area contributed by atoms with Gasteiger partial charge in [-0.2, -0.15) is 0 Å². The van der Waals surface area contributed by atoms with E-state index in [2.05, 4.69) is 20.3 Å². The maximum atomic E-state index is 5.77. The van der Waals surface area contributed by atoms with Crippen LogP contribution in [0.5, 0.6) is 0 Å². The molecule has 0 amide bonds. The molecule has 0 saturated carbocycles. The van der Waals surface area contributed by atoms with Crippen LogP contribution in [0, 0.1) is 6.92 Å². The predicted molar refractivity (Wildman–Crippen MR) is 63.3 cm³/mol. The van der Waals surface area contributed by atoms with Crippen molar-refractivity contribution in [2.45, 2.75) is 13.5 Å². The van der Waals surface area contributed by atoms with E-state index in [1.165, 1.54) is 6.20 Å². The fourth-order valence-corrected chi connectivity index (χ4v) is 1.42. The van der Waals surface area contributed by atoms with Crippen molar-refractivity contribution >= 4 is 17.4 Å². The van der Waals surface area contributed by atoms with Crippen LogP contribution in [0.25, 0.3) is 0 Å². The molecule has 0 aliphatic heterocycles. The topological polar surface area (TPSA) is 50.7 Å². The zero-order valence-corrected chi connectivity index (χ0v) is 9.57. The molecule has 0 aromatic carbocycles. The molecule has 0 atom stereocenters. The molecule has 5 heteroatoms. The minimum Gasteiger partial charge on any atom is -0.364 e. The summed E-state index contributed by atoms with van der Waals surface area (Å²) in [5.41, 5.74) is 1.91. The Morgan fingerprint density at radius 1 is 1.38 bits per heavy atom. The molecule has 0 saturated heterocycles. The Kier molecular flexibility index (Phi) is 3.31. The Morgan fingerprint density at radius 3 is 3.00 bits per heavy atom. The highest BCUT2D eigenvalue weighted by Gasteiger charge is 2.02. The second-order valence-electron chi connectivity index (χ2n) is 3.34. The SMILES string of the molecule is Cc1ncc(Cl)nc1NCc1cccnc1. The molecule has 0 radical (unpaired) electrons. The maximum absolute atomic E-state index is 5.77. The molecule has 4 nitrogen and oxygen atoms in total. The Bertz CT molecular complexity index is 473. The van der Waals surface area contributed by atoms with Gasteiger partial charge in [0.15, 0.2) is 0 Å². The first-order chi connectivity index (χ1) is 7.75. The zero-order chi connectivity index (χ0) is 11.4. The molecule has 16 heavy (non-hydrogen) atoms. The van der Waals surface area contributed by atoms with Crippen LogP contribution in [0.1, 0.15) is 11.3 Å². The van der Waals surface area contributed by atoms with E-state index in [0.29, 0.717) is 17.5 Å². The molecule has 0 spiro atoms. The van der Waals surface area contributed by atoms with E-state index in [9.17, 15) is 0 Å². The molecule has 0 fully saturated rings. The minimum atomic E-state index is 0.388. The number of pyridine rings is 1. The first kappa shape index (κ1) is 10.8. The summed E-state index contributed by atoms with van der Waals surface area (Å²) in [6.07, 6.45) is 5.08. The van der Waals surface area contributed by atoms with E-state index >= 15 is 0 Å². The van der Waals surface area contributed by atoms with Crippen LogP contribution in [0.2, 0.25) is 5.15 Å². The molecule has 2 aromatic rings. The zero-order valence-electron chi connectivity index (χ0n) is 8.81. The Labute approximate surface area is 98.7 Å². The summed E-state index contributed by atoms with van der Waals surface area (Å²) in [4.78, 5) is 12.3. The normalized spacial score (nSPS) is 10.1. The number of hydrogen-bond acceptors (Lipinski definition) is 4. The summed E-state index contributed by atoms with van der Waals surface area (Å²) in [5, 5.41) is 3.56. The number of halogens is 1. The van der Waals surface area contributed by atoms with E-state index in [4.69, 9.17) is 11.6 Å². The van der Waals surface area contributed by atoms with Gasteiger partial charge in [0, 0.05) is 18.9 Å². The molecule has 0 unspecified atom stereocenters. The standard InChI is InChI=1S/C11H11ClN4/c1-8-11(16-10(12)7-14-8)15-6-9-3-2-4-13-5-9/h2-5,7H,6H2,1H3,(H,15,16). The van der Waals surface area contributed by atoms with Gasteiger partial charge in [0.05, 0.1) is 11.9 Å². The summed E-state index contributed by atoms with van der Waals surface area (Å²) in [6.45, 7) is 2.54. The first-order valence-corrected chi connectivity index (χ1v) is 5.25. The van der Waals surface area contributed by atoms with Crippen LogP contribution in [0.4, 0.5) is 5.82 Å². The molecule has 1 N–H and O–H groups in total. The predicted octanol–water partition coefficient (Wildman–Crippen LogP) is 2.45. The van der Waals surface area contributed by atoms with Crippen LogP contribution in [0.15, 0.2) is 30.7 Å². The smallest absolute Gasteiger partial charge is 0.149 e. The molecule has 0 bridgehead atoms. The van der Waals surface area contributed by atoms with Crippen molar-refractivity contribution in [1.29, 1.82) is 0 Å². The van der Waals surface area contributed by atoms with E-state index < -0.39 is 0 Å². The van der Waals surface area contributed by atoms with Crippen LogP contribution >= 0.6 is 11.6 Å². The molecule has 0 aliphatic rings. The van der Waals surface area contributed by atoms with Gasteiger partial charge in [0.25, 0.3) is 0 Å². The van der Waals surface area contributed by atoms with Crippen molar-refractivity contribution in [1.82, 2.24) is 15.0 Å². The highest BCUT2D eigenvalue weighted by atomic mass is 35.5. The van der Waals surface area contributed by atoms with Crippen LogP contribution in [0.3, 0.4) is 0 Å². The van der Waals surface area contributed by atoms with E-state index in [0.717, 1.165) is 11.3 Å². The summed E-state index contributed by atoms with van der Waals surface area (Å²) < 4.78 is 0. The Hall–Kier alpha value is -1.68. The Morgan fingerprint density at radius 2 is 2.25 bits per heavy atom. The van der Waals surface area contributed by atoms with Gasteiger partial charge in [-0.15, -0.1) is 0 Å². The Balaban J connectivity index is 2.08. The lowest BCUT2D eigenvalue weighted by molar-refractivity contribution is 1.04. The number of nitrogens with zero attached hydrogens (tertiary/aromatic N) is 3. The largest absolute Gasteiger partial charge is 0.364 e. The van der Waals surface area contributed by atoms with Crippen molar-refractivity contribution in [2.75, 3.05) is 5.32 Å². The average Bonchev–Trinajstić information content (AvgIpc) is 2.32. The number of hydrogen-bond donors (Lipinski definition) is 1. The van der Waals surface area contributed by atoms with Gasteiger partial charge < -0.3 is 5.32 Å². The second-order valence-corrected chi connectivity index (χ2v) is 3.73. The third-order valence-electron chi connectivity index (χ3n) is 2.11. The van der Waals surface area contributed by atoms with Gasteiger partial charge >= 0.3 is 0 Å². The van der Waals surface area contributed by atoms with Crippen molar-refractivity contribution in [3.8, 4) is 0 Å². The minimum absolute atomic E-state index is 0.388. The summed E-state index contributed by atoms with van der Waals surface area (Å²) in [7, 11) is 0. The molecule has 2 heterocycles. The fraction of sp³-hybridized carbons (Fsp3) is 0.182. The number of rotatable bonds is 3. The third-order valence-corrected chi connectivity index (χ3v) is 2.29. The summed E-state index contributed by atoms with van der Waals surface area (Å²) >= 11 is 5.77. The molecule has 2 aromatic heterocycles. The van der Waals surface area contributed by atoms with Crippen LogP contribution in [-0.4, -0.2) is 15.0 Å². The van der Waals surface area contributed by atoms with Gasteiger partial charge in [0.2, 0.25) is 0 Å². The number of aryl methyl sites for hydroxylation is 1. The lowest BCUT2D eigenvalue weighted by Crippen LogP contribution is -2.04. The van der Waals surface area contributed by atoms with Gasteiger partial charge in [-0.3, -0.25) is 9.97 Å². The van der Waals surface area contributed by atoms with Crippen LogP contribution in [-0.2, 0) is 6.54 Å². The van der Waals surface area contributed by atoms with E-state index in [1.54, 1.807) is 12.4 Å². The third kappa shape index (κ3) is 2.67. The summed E-state index contributed by atoms with van der Waals surface area (Å²) in [6, 6.07) is 3.89. The van der Waals surface area contributed by atoms with Crippen molar-refractivity contribution in [2.24, 2.45) is 0 Å². The molecule has 2 rings (SSSR count). The highest BCUT2D eigenvalue weighted by molar-refractivity contribution is 6.29. The number of nitrogens with one attached hydrogen (secondary N) is 1. The molecule has 0 aliphatic carbocycles. The number of aromatic nitrogens is 3. The van der Waals surface area contributed by atoms with Gasteiger partial charge in [0.1, 0.15) is 11.0 Å². The number of anilines is 1. The monoisotopic (exact) mass is 234 g/mol. The fourth-order valence-electron chi connectivity index (χ4n) is 1.28. The maximum Gasteiger partial charge on any atom is 0.149 e. The van der Waals surface area contributed by atoms with Crippen molar-refractivity contribution in [3.05, 3.63) is 47.1 Å². The van der Waals surface area contributed by atoms with E-state index in [-0.39, 0.29) is 0 Å². The molecule has 82 valence electrons. The highest BCUT2D eigenvalue weighted by Crippen LogP contribution is 2.13. The lowest BCUT2D eigenvalue weighted by atomic mass is 10.3. The van der Waals surface area contributed by atoms with Gasteiger partial charge in [-0.25, -0.2) is 4.98 Å². The van der Waals surface area contributed by atoms with Crippen molar-refractivity contribution in [3.63, 3.8) is 0 Å². The quantitative estimate of drug-likeness (QED) is 0.886. The molecular weight excluding hydrogens is 224 g/mol. The lowest BCUT2D eigenvalue weighted by Gasteiger charge is -2.07. The first-order valence-electron chi connectivity index (χ1n) is 4.87. The average molecular weight is 235 g/mol. The van der Waals surface area contributed by atoms with E-state index in [1.807, 2.05) is 19.1 Å². The van der Waals surface area contributed by atoms with Gasteiger partial charge in [-0.1, -0.05) is 17.7 Å². The van der Waals surface area contributed by atoms with Crippen molar-refractivity contribution < 1.29 is 0 Å². The second kappa shape index (κ2) is 4.90. The summed E-state index contributed by atoms with van der Waals surface area (Å²) in [5.74, 6) is 0.705. The van der Waals surface area contributed by atoms with Gasteiger partial charge in [-0.05, 0) is 18.6 Å².